The Labute approximate surface area is 161 Å². The number of nitrogens with zero attached hydrogens (tertiary/aromatic N) is 5. The Morgan fingerprint density at radius 3 is 2.71 bits per heavy atom. The fourth-order valence-corrected chi connectivity index (χ4v) is 3.95. The van der Waals surface area contributed by atoms with Gasteiger partial charge in [-0.15, -0.1) is 0 Å². The van der Waals surface area contributed by atoms with Gasteiger partial charge in [0.05, 0.1) is 28.6 Å². The zero-order chi connectivity index (χ0) is 19.4. The average Bonchev–Trinajstić information content (AvgIpc) is 3.22. The quantitative estimate of drug-likeness (QED) is 0.488. The number of anilines is 3. The van der Waals surface area contributed by atoms with E-state index in [-0.39, 0.29) is 6.17 Å². The van der Waals surface area contributed by atoms with Crippen molar-refractivity contribution < 1.29 is 4.42 Å². The molecule has 3 heterocycles. The van der Waals surface area contributed by atoms with Crippen LogP contribution in [0.5, 0.6) is 0 Å². The Bertz CT molecular complexity index is 1340. The molecule has 0 fully saturated rings. The van der Waals surface area contributed by atoms with Crippen LogP contribution >= 0.6 is 0 Å². The highest BCUT2D eigenvalue weighted by atomic mass is 16.3. The van der Waals surface area contributed by atoms with Crippen molar-refractivity contribution in [1.82, 2.24) is 4.98 Å². The summed E-state index contributed by atoms with van der Waals surface area (Å²) in [6.07, 6.45) is 1.70. The van der Waals surface area contributed by atoms with Crippen LogP contribution in [0.4, 0.5) is 17.1 Å². The van der Waals surface area contributed by atoms with Crippen LogP contribution in [0.15, 0.2) is 53.1 Å². The number of pyridine rings is 1. The molecule has 1 aliphatic heterocycles. The lowest BCUT2D eigenvalue weighted by Crippen LogP contribution is -2.35. The van der Waals surface area contributed by atoms with E-state index in [4.69, 9.17) is 4.42 Å². The van der Waals surface area contributed by atoms with Crippen LogP contribution in [0.2, 0.25) is 0 Å². The second-order valence-corrected chi connectivity index (χ2v) is 6.87. The standard InChI is InChI=1S/C22H15N5O/c1-13-26(2)19-9-14(11-23)8-15(12-24)21(19)27(13)16-5-6-17-18-4-3-7-25-22(18)28-20(17)10-16/h3-10,13H,1-2H3/t13-/m0/s1. The van der Waals surface area contributed by atoms with Gasteiger partial charge in [0.2, 0.25) is 5.71 Å². The third-order valence-corrected chi connectivity index (χ3v) is 5.41. The predicted molar refractivity (Wildman–Crippen MR) is 107 cm³/mol. The number of furan rings is 1. The van der Waals surface area contributed by atoms with Gasteiger partial charge in [-0.25, -0.2) is 4.98 Å². The normalized spacial score (nSPS) is 15.6. The molecule has 0 saturated heterocycles. The van der Waals surface area contributed by atoms with E-state index in [0.29, 0.717) is 16.8 Å². The van der Waals surface area contributed by atoms with Crippen molar-refractivity contribution in [1.29, 1.82) is 10.5 Å². The Morgan fingerprint density at radius 1 is 1.07 bits per heavy atom. The van der Waals surface area contributed by atoms with Gasteiger partial charge in [-0.3, -0.25) is 0 Å². The van der Waals surface area contributed by atoms with E-state index in [0.717, 1.165) is 33.4 Å². The maximum atomic E-state index is 9.69. The summed E-state index contributed by atoms with van der Waals surface area (Å²) >= 11 is 0. The summed E-state index contributed by atoms with van der Waals surface area (Å²) in [7, 11) is 1.97. The maximum Gasteiger partial charge on any atom is 0.227 e. The first kappa shape index (κ1) is 16.2. The topological polar surface area (TPSA) is 80.1 Å². The maximum absolute atomic E-state index is 9.69. The monoisotopic (exact) mass is 365 g/mol. The van der Waals surface area contributed by atoms with E-state index in [2.05, 4.69) is 33.8 Å². The van der Waals surface area contributed by atoms with Crippen molar-refractivity contribution in [2.45, 2.75) is 13.1 Å². The minimum atomic E-state index is -0.0176. The Balaban J connectivity index is 1.73. The van der Waals surface area contributed by atoms with Crippen LogP contribution in [-0.4, -0.2) is 18.2 Å². The molecule has 0 spiro atoms. The molecule has 2 aromatic carbocycles. The predicted octanol–water partition coefficient (Wildman–Crippen LogP) is 4.66. The van der Waals surface area contributed by atoms with E-state index in [9.17, 15) is 10.5 Å². The van der Waals surface area contributed by atoms with Crippen LogP contribution < -0.4 is 9.80 Å². The first-order chi connectivity index (χ1) is 13.6. The lowest BCUT2D eigenvalue weighted by Gasteiger charge is -2.27. The number of nitriles is 2. The molecule has 1 atom stereocenters. The molecule has 0 radical (unpaired) electrons. The summed E-state index contributed by atoms with van der Waals surface area (Å²) < 4.78 is 5.94. The van der Waals surface area contributed by atoms with Crippen LogP contribution in [0, 0.1) is 22.7 Å². The largest absolute Gasteiger partial charge is 0.438 e. The van der Waals surface area contributed by atoms with Gasteiger partial charge in [-0.05, 0) is 43.3 Å². The highest BCUT2D eigenvalue weighted by molar-refractivity contribution is 6.05. The smallest absolute Gasteiger partial charge is 0.227 e. The average molecular weight is 365 g/mol. The molecule has 0 amide bonds. The lowest BCUT2D eigenvalue weighted by molar-refractivity contribution is 0.653. The molecule has 0 saturated carbocycles. The number of benzene rings is 2. The molecule has 4 aromatic rings. The highest BCUT2D eigenvalue weighted by Crippen LogP contribution is 2.46. The molecule has 134 valence electrons. The zero-order valence-corrected chi connectivity index (χ0v) is 15.3. The lowest BCUT2D eigenvalue weighted by atomic mass is 10.1. The molecule has 0 unspecified atom stereocenters. The summed E-state index contributed by atoms with van der Waals surface area (Å²) in [5.41, 5.74) is 4.93. The summed E-state index contributed by atoms with van der Waals surface area (Å²) in [6.45, 7) is 2.07. The second-order valence-electron chi connectivity index (χ2n) is 6.87. The minimum Gasteiger partial charge on any atom is -0.438 e. The summed E-state index contributed by atoms with van der Waals surface area (Å²) in [4.78, 5) is 8.47. The van der Waals surface area contributed by atoms with Crippen LogP contribution in [-0.2, 0) is 0 Å². The second kappa shape index (κ2) is 5.73. The van der Waals surface area contributed by atoms with E-state index in [1.165, 1.54) is 0 Å². The van der Waals surface area contributed by atoms with E-state index < -0.39 is 0 Å². The SMILES string of the molecule is C[C@H]1N(C)c2cc(C#N)cc(C#N)c2N1c1ccc2c(c1)oc1ncccc12. The van der Waals surface area contributed by atoms with Crippen molar-refractivity contribution in [2.24, 2.45) is 0 Å². The molecule has 0 aliphatic carbocycles. The van der Waals surface area contributed by atoms with Crippen molar-refractivity contribution in [3.8, 4) is 12.1 Å². The summed E-state index contributed by atoms with van der Waals surface area (Å²) in [5, 5.41) is 21.0. The van der Waals surface area contributed by atoms with Crippen molar-refractivity contribution in [3.05, 3.63) is 59.8 Å². The molecule has 2 aromatic heterocycles. The molecule has 6 heteroatoms. The van der Waals surface area contributed by atoms with Gasteiger partial charge in [-0.1, -0.05) is 0 Å². The number of hydrogen-bond acceptors (Lipinski definition) is 6. The van der Waals surface area contributed by atoms with Crippen LogP contribution in [0.25, 0.3) is 22.1 Å². The van der Waals surface area contributed by atoms with Gasteiger partial charge >= 0.3 is 0 Å². The molecule has 6 nitrogen and oxygen atoms in total. The van der Waals surface area contributed by atoms with E-state index in [1.54, 1.807) is 12.3 Å². The minimum absolute atomic E-state index is 0.0176. The first-order valence-electron chi connectivity index (χ1n) is 8.90. The molecular formula is C22H15N5O. The van der Waals surface area contributed by atoms with Crippen molar-refractivity contribution >= 4 is 39.1 Å². The van der Waals surface area contributed by atoms with Gasteiger partial charge in [-0.2, -0.15) is 10.5 Å². The molecule has 1 aliphatic rings. The van der Waals surface area contributed by atoms with Crippen LogP contribution in [0.3, 0.4) is 0 Å². The highest BCUT2D eigenvalue weighted by Gasteiger charge is 2.34. The fraction of sp³-hybridized carbons (Fsp3) is 0.136. The number of rotatable bonds is 1. The Hall–Kier alpha value is -4.03. The van der Waals surface area contributed by atoms with E-state index >= 15 is 0 Å². The third-order valence-electron chi connectivity index (χ3n) is 5.41. The molecule has 0 bridgehead atoms. The fourth-order valence-electron chi connectivity index (χ4n) is 3.95. The van der Waals surface area contributed by atoms with Crippen molar-refractivity contribution in [3.63, 3.8) is 0 Å². The Morgan fingerprint density at radius 2 is 1.93 bits per heavy atom. The van der Waals surface area contributed by atoms with Gasteiger partial charge < -0.3 is 14.2 Å². The van der Waals surface area contributed by atoms with Gasteiger partial charge in [0.15, 0.2) is 0 Å². The number of hydrogen-bond donors (Lipinski definition) is 0. The van der Waals surface area contributed by atoms with Gasteiger partial charge in [0.1, 0.15) is 17.8 Å². The molecule has 28 heavy (non-hydrogen) atoms. The van der Waals surface area contributed by atoms with Gasteiger partial charge in [0.25, 0.3) is 0 Å². The summed E-state index contributed by atoms with van der Waals surface area (Å²) in [5.74, 6) is 0. The zero-order valence-electron chi connectivity index (χ0n) is 15.3. The van der Waals surface area contributed by atoms with Crippen LogP contribution in [0.1, 0.15) is 18.1 Å². The first-order valence-corrected chi connectivity index (χ1v) is 8.90. The molecule has 5 rings (SSSR count). The van der Waals surface area contributed by atoms with Gasteiger partial charge in [0, 0.05) is 35.8 Å². The number of aromatic nitrogens is 1. The summed E-state index contributed by atoms with van der Waals surface area (Å²) in [6, 6.07) is 17.8. The number of fused-ring (bicyclic) bond motifs is 4. The molecule has 0 N–H and O–H groups in total. The van der Waals surface area contributed by atoms with E-state index in [1.807, 2.05) is 43.4 Å². The third kappa shape index (κ3) is 2.09. The van der Waals surface area contributed by atoms with Crippen molar-refractivity contribution in [2.75, 3.05) is 16.8 Å². The molecular weight excluding hydrogens is 350 g/mol. The Kier molecular flexibility index (Phi) is 3.31.